The van der Waals surface area contributed by atoms with Crippen molar-refractivity contribution in [2.45, 2.75) is 6.54 Å². The number of fused-ring (bicyclic) bond motifs is 1. The van der Waals surface area contributed by atoms with Gasteiger partial charge in [0, 0.05) is 16.1 Å². The summed E-state index contributed by atoms with van der Waals surface area (Å²) < 4.78 is 11.8. The SMILES string of the molecule is COc1cccc(Cn2c(=O)[nH]c3cc(-c4nc(-c5ccc(Cl)cc5)no4)ccc3c2=O)c1. The lowest BCUT2D eigenvalue weighted by Gasteiger charge is -2.08. The third-order valence-corrected chi connectivity index (χ3v) is 5.48. The number of H-pyrrole nitrogens is 1. The summed E-state index contributed by atoms with van der Waals surface area (Å²) in [6, 6.07) is 19.3. The fraction of sp³-hybridized carbons (Fsp3) is 0.0833. The molecule has 0 atom stereocenters. The molecule has 0 aliphatic carbocycles. The molecule has 0 bridgehead atoms. The van der Waals surface area contributed by atoms with Crippen molar-refractivity contribution in [2.75, 3.05) is 7.11 Å². The van der Waals surface area contributed by atoms with Gasteiger partial charge >= 0.3 is 5.69 Å². The average Bonchev–Trinajstić information content (AvgIpc) is 3.32. The smallest absolute Gasteiger partial charge is 0.329 e. The van der Waals surface area contributed by atoms with Crippen molar-refractivity contribution in [3.8, 4) is 28.6 Å². The second kappa shape index (κ2) is 8.40. The number of hydrogen-bond acceptors (Lipinski definition) is 6. The van der Waals surface area contributed by atoms with Gasteiger partial charge in [0.05, 0.1) is 24.6 Å². The largest absolute Gasteiger partial charge is 0.497 e. The fourth-order valence-corrected chi connectivity index (χ4v) is 3.67. The van der Waals surface area contributed by atoms with Crippen LogP contribution < -0.4 is 16.0 Å². The summed E-state index contributed by atoms with van der Waals surface area (Å²) in [4.78, 5) is 32.9. The first-order chi connectivity index (χ1) is 16.0. The second-order valence-corrected chi connectivity index (χ2v) is 7.80. The molecule has 9 heteroatoms. The van der Waals surface area contributed by atoms with Gasteiger partial charge in [-0.15, -0.1) is 0 Å². The maximum atomic E-state index is 13.0. The minimum Gasteiger partial charge on any atom is -0.497 e. The van der Waals surface area contributed by atoms with E-state index in [9.17, 15) is 9.59 Å². The molecule has 2 heterocycles. The predicted molar refractivity (Wildman–Crippen MR) is 125 cm³/mol. The van der Waals surface area contributed by atoms with Gasteiger partial charge in [0.25, 0.3) is 11.4 Å². The third-order valence-electron chi connectivity index (χ3n) is 5.23. The van der Waals surface area contributed by atoms with Crippen LogP contribution >= 0.6 is 11.6 Å². The van der Waals surface area contributed by atoms with Crippen LogP contribution in [0.1, 0.15) is 5.56 Å². The average molecular weight is 461 g/mol. The number of hydrogen-bond donors (Lipinski definition) is 1. The topological polar surface area (TPSA) is 103 Å². The Kier molecular flexibility index (Phi) is 5.27. The minimum absolute atomic E-state index is 0.122. The van der Waals surface area contributed by atoms with Crippen LogP contribution in [0.3, 0.4) is 0 Å². The summed E-state index contributed by atoms with van der Waals surface area (Å²) in [5, 5.41) is 4.99. The number of aromatic nitrogens is 4. The zero-order valence-electron chi connectivity index (χ0n) is 17.4. The highest BCUT2D eigenvalue weighted by Gasteiger charge is 2.14. The molecule has 0 radical (unpaired) electrons. The molecule has 5 rings (SSSR count). The Bertz CT molecular complexity index is 1590. The normalized spacial score (nSPS) is 11.1. The summed E-state index contributed by atoms with van der Waals surface area (Å²) in [6.07, 6.45) is 0. The molecule has 0 fully saturated rings. The van der Waals surface area contributed by atoms with E-state index in [-0.39, 0.29) is 12.4 Å². The summed E-state index contributed by atoms with van der Waals surface area (Å²) >= 11 is 5.93. The van der Waals surface area contributed by atoms with Crippen LogP contribution in [0.25, 0.3) is 33.7 Å². The van der Waals surface area contributed by atoms with Crippen LogP contribution in [-0.2, 0) is 6.54 Å². The Balaban J connectivity index is 1.50. The van der Waals surface area contributed by atoms with E-state index in [0.717, 1.165) is 15.7 Å². The van der Waals surface area contributed by atoms with Crippen LogP contribution in [0, 0.1) is 0 Å². The Morgan fingerprint density at radius 3 is 2.61 bits per heavy atom. The molecule has 33 heavy (non-hydrogen) atoms. The zero-order valence-corrected chi connectivity index (χ0v) is 18.2. The van der Waals surface area contributed by atoms with Crippen molar-refractivity contribution in [2.24, 2.45) is 0 Å². The van der Waals surface area contributed by atoms with Crippen LogP contribution in [0.15, 0.2) is 80.8 Å². The lowest BCUT2D eigenvalue weighted by atomic mass is 10.1. The second-order valence-electron chi connectivity index (χ2n) is 7.36. The first kappa shape index (κ1) is 20.7. The molecule has 0 aliphatic heterocycles. The molecular formula is C24H17ClN4O4. The van der Waals surface area contributed by atoms with Crippen LogP contribution in [-0.4, -0.2) is 26.8 Å². The van der Waals surface area contributed by atoms with Crippen LogP contribution in [0.5, 0.6) is 5.75 Å². The number of rotatable bonds is 5. The minimum atomic E-state index is -0.514. The van der Waals surface area contributed by atoms with Gasteiger partial charge < -0.3 is 14.2 Å². The highest BCUT2D eigenvalue weighted by Crippen LogP contribution is 2.25. The van der Waals surface area contributed by atoms with Gasteiger partial charge in [-0.3, -0.25) is 9.36 Å². The van der Waals surface area contributed by atoms with Crippen molar-refractivity contribution >= 4 is 22.5 Å². The van der Waals surface area contributed by atoms with Crippen molar-refractivity contribution in [3.63, 3.8) is 0 Å². The van der Waals surface area contributed by atoms with E-state index in [1.54, 1.807) is 61.7 Å². The van der Waals surface area contributed by atoms with Crippen LogP contribution in [0.2, 0.25) is 5.02 Å². The van der Waals surface area contributed by atoms with E-state index in [1.807, 2.05) is 12.1 Å². The van der Waals surface area contributed by atoms with E-state index in [4.69, 9.17) is 20.9 Å². The molecule has 3 aromatic carbocycles. The van der Waals surface area contributed by atoms with E-state index >= 15 is 0 Å². The number of benzene rings is 3. The first-order valence-electron chi connectivity index (χ1n) is 10.0. The number of ether oxygens (including phenoxy) is 1. The van der Waals surface area contributed by atoms with E-state index in [1.165, 1.54) is 0 Å². The number of nitrogens with one attached hydrogen (secondary N) is 1. The molecule has 0 aliphatic rings. The highest BCUT2D eigenvalue weighted by atomic mass is 35.5. The van der Waals surface area contributed by atoms with Gasteiger partial charge in [-0.05, 0) is 60.2 Å². The zero-order chi connectivity index (χ0) is 22.9. The maximum Gasteiger partial charge on any atom is 0.329 e. The summed E-state index contributed by atoms with van der Waals surface area (Å²) in [5.74, 6) is 1.33. The van der Waals surface area contributed by atoms with Gasteiger partial charge in [0.15, 0.2) is 0 Å². The van der Waals surface area contributed by atoms with E-state index < -0.39 is 11.2 Å². The van der Waals surface area contributed by atoms with Crippen molar-refractivity contribution in [1.82, 2.24) is 19.7 Å². The molecule has 5 aromatic rings. The maximum absolute atomic E-state index is 13.0. The molecule has 1 N–H and O–H groups in total. The van der Waals surface area contributed by atoms with E-state index in [0.29, 0.717) is 33.1 Å². The van der Waals surface area contributed by atoms with Gasteiger partial charge in [0.1, 0.15) is 5.75 Å². The quantitative estimate of drug-likeness (QED) is 0.423. The molecular weight excluding hydrogens is 444 g/mol. The summed E-state index contributed by atoms with van der Waals surface area (Å²) in [5.41, 5.74) is 1.59. The molecule has 0 saturated carbocycles. The van der Waals surface area contributed by atoms with Gasteiger partial charge in [0.2, 0.25) is 5.82 Å². The Morgan fingerprint density at radius 2 is 1.82 bits per heavy atom. The summed E-state index contributed by atoms with van der Waals surface area (Å²) in [7, 11) is 1.56. The third kappa shape index (κ3) is 4.04. The molecule has 0 saturated heterocycles. The molecule has 0 amide bonds. The number of nitrogens with zero attached hydrogens (tertiary/aromatic N) is 3. The van der Waals surface area contributed by atoms with Gasteiger partial charge in [-0.1, -0.05) is 28.9 Å². The Hall–Kier alpha value is -4.17. The lowest BCUT2D eigenvalue weighted by molar-refractivity contribution is 0.414. The monoisotopic (exact) mass is 460 g/mol. The van der Waals surface area contributed by atoms with Gasteiger partial charge in [-0.2, -0.15) is 4.98 Å². The summed E-state index contributed by atoms with van der Waals surface area (Å²) in [6.45, 7) is 0.122. The van der Waals surface area contributed by atoms with Crippen molar-refractivity contribution in [3.05, 3.63) is 98.2 Å². The molecule has 164 valence electrons. The number of aromatic amines is 1. The van der Waals surface area contributed by atoms with Crippen molar-refractivity contribution in [1.29, 1.82) is 0 Å². The standard InChI is InChI=1S/C24H17ClN4O4/c1-32-18-4-2-3-14(11-18)13-29-23(30)19-10-7-16(12-20(19)26-24(29)31)22-27-21(28-33-22)15-5-8-17(25)9-6-15/h2-12H,13H2,1H3,(H,26,31). The highest BCUT2D eigenvalue weighted by molar-refractivity contribution is 6.30. The van der Waals surface area contributed by atoms with Crippen molar-refractivity contribution < 1.29 is 9.26 Å². The molecule has 2 aromatic heterocycles. The number of halogens is 1. The first-order valence-corrected chi connectivity index (χ1v) is 10.4. The lowest BCUT2D eigenvalue weighted by Crippen LogP contribution is -2.35. The molecule has 0 spiro atoms. The van der Waals surface area contributed by atoms with E-state index in [2.05, 4.69) is 15.1 Å². The molecule has 8 nitrogen and oxygen atoms in total. The van der Waals surface area contributed by atoms with Gasteiger partial charge in [-0.25, -0.2) is 4.79 Å². The predicted octanol–water partition coefficient (Wildman–Crippen LogP) is 4.12. The fourth-order valence-electron chi connectivity index (χ4n) is 3.54. The molecule has 0 unspecified atom stereocenters. The van der Waals surface area contributed by atoms with Crippen LogP contribution in [0.4, 0.5) is 0 Å². The Morgan fingerprint density at radius 1 is 1.03 bits per heavy atom. The number of methoxy groups -OCH3 is 1. The Labute approximate surface area is 192 Å².